The first-order valence-electron chi connectivity index (χ1n) is 8.97. The lowest BCUT2D eigenvalue weighted by Gasteiger charge is -2.37. The molecule has 2 atom stereocenters. The molecule has 1 saturated heterocycles. The van der Waals surface area contributed by atoms with Crippen LogP contribution in [0, 0.1) is 6.92 Å². The Labute approximate surface area is 161 Å². The summed E-state index contributed by atoms with van der Waals surface area (Å²) in [6, 6.07) is 8.54. The number of amides is 1. The monoisotopic (exact) mass is 377 g/mol. The van der Waals surface area contributed by atoms with Crippen LogP contribution >= 0.6 is 12.4 Å². The van der Waals surface area contributed by atoms with Crippen molar-refractivity contribution >= 4 is 18.3 Å². The Morgan fingerprint density at radius 2 is 1.96 bits per heavy atom. The van der Waals surface area contributed by atoms with Crippen molar-refractivity contribution in [2.75, 3.05) is 13.1 Å². The fourth-order valence-electron chi connectivity index (χ4n) is 3.35. The number of halogens is 1. The van der Waals surface area contributed by atoms with Gasteiger partial charge in [-0.25, -0.2) is 9.67 Å². The molecule has 0 bridgehead atoms. The first kappa shape index (κ1) is 20.4. The van der Waals surface area contributed by atoms with Crippen molar-refractivity contribution in [3.63, 3.8) is 0 Å². The molecule has 2 heterocycles. The van der Waals surface area contributed by atoms with E-state index in [4.69, 9.17) is 0 Å². The van der Waals surface area contributed by atoms with Gasteiger partial charge in [-0.2, -0.15) is 0 Å². The van der Waals surface area contributed by atoms with Gasteiger partial charge in [0.25, 0.3) is 5.91 Å². The van der Waals surface area contributed by atoms with E-state index in [9.17, 15) is 4.79 Å². The van der Waals surface area contributed by atoms with E-state index in [2.05, 4.69) is 49.2 Å². The summed E-state index contributed by atoms with van der Waals surface area (Å²) in [6.45, 7) is 11.8. The Bertz CT molecular complexity index is 773. The normalized spacial score (nSPS) is 20.2. The van der Waals surface area contributed by atoms with E-state index in [0.717, 1.165) is 18.1 Å². The van der Waals surface area contributed by atoms with Crippen molar-refractivity contribution in [1.82, 2.24) is 25.0 Å². The van der Waals surface area contributed by atoms with Crippen LogP contribution in [0.15, 0.2) is 24.3 Å². The van der Waals surface area contributed by atoms with Gasteiger partial charge < -0.3 is 10.2 Å². The molecule has 0 spiro atoms. The molecule has 6 nitrogen and oxygen atoms in total. The molecule has 0 radical (unpaired) electrons. The summed E-state index contributed by atoms with van der Waals surface area (Å²) in [6.07, 6.45) is 0. The Kier molecular flexibility index (Phi) is 6.42. The van der Waals surface area contributed by atoms with Gasteiger partial charge in [0.1, 0.15) is 5.82 Å². The molecule has 2 aromatic rings. The highest BCUT2D eigenvalue weighted by atomic mass is 35.5. The van der Waals surface area contributed by atoms with E-state index >= 15 is 0 Å². The van der Waals surface area contributed by atoms with Crippen LogP contribution in [0.3, 0.4) is 0 Å². The topological polar surface area (TPSA) is 63.1 Å². The summed E-state index contributed by atoms with van der Waals surface area (Å²) in [5.41, 5.74) is 2.18. The van der Waals surface area contributed by atoms with E-state index in [0.29, 0.717) is 12.5 Å². The highest BCUT2D eigenvalue weighted by Gasteiger charge is 2.31. The third-order valence-electron chi connectivity index (χ3n) is 5.04. The van der Waals surface area contributed by atoms with Gasteiger partial charge in [0.05, 0.1) is 5.69 Å². The van der Waals surface area contributed by atoms with Gasteiger partial charge in [-0.1, -0.05) is 32.0 Å². The van der Waals surface area contributed by atoms with Crippen LogP contribution in [0.4, 0.5) is 0 Å². The van der Waals surface area contributed by atoms with Crippen LogP contribution < -0.4 is 5.32 Å². The summed E-state index contributed by atoms with van der Waals surface area (Å²) in [7, 11) is 0. The van der Waals surface area contributed by atoms with E-state index in [1.807, 2.05) is 30.0 Å². The number of piperazine rings is 1. The van der Waals surface area contributed by atoms with Crippen molar-refractivity contribution in [3.8, 4) is 5.69 Å². The summed E-state index contributed by atoms with van der Waals surface area (Å²) in [5, 5.41) is 7.94. The van der Waals surface area contributed by atoms with Gasteiger partial charge in [0, 0.05) is 25.2 Å². The number of hydrogen-bond donors (Lipinski definition) is 1. The van der Waals surface area contributed by atoms with Crippen LogP contribution in [0.5, 0.6) is 0 Å². The van der Waals surface area contributed by atoms with Crippen LogP contribution in [0.1, 0.15) is 55.6 Å². The number of hydrogen-bond acceptors (Lipinski definition) is 4. The van der Waals surface area contributed by atoms with Crippen LogP contribution in [0.2, 0.25) is 0 Å². The van der Waals surface area contributed by atoms with Crippen LogP contribution in [0.25, 0.3) is 5.69 Å². The minimum Gasteiger partial charge on any atom is -0.330 e. The van der Waals surface area contributed by atoms with E-state index < -0.39 is 0 Å². The molecule has 2 unspecified atom stereocenters. The molecular formula is C19H28ClN5O. The number of nitrogens with zero attached hydrogens (tertiary/aromatic N) is 4. The molecule has 0 saturated carbocycles. The smallest absolute Gasteiger partial charge is 0.293 e. The lowest BCUT2D eigenvalue weighted by molar-refractivity contribution is 0.0590. The van der Waals surface area contributed by atoms with E-state index in [1.165, 1.54) is 5.56 Å². The van der Waals surface area contributed by atoms with Crippen molar-refractivity contribution in [3.05, 3.63) is 41.5 Å². The standard InChI is InChI=1S/C19H27N5O.ClH/c1-12(2)16-8-6-7-9-17(16)24-15(5)21-18(22-24)19(25)23-11-10-20-13(3)14(23)4;/h6-9,12-14,20H,10-11H2,1-5H3;1H. The molecular weight excluding hydrogens is 350 g/mol. The van der Waals surface area contributed by atoms with Gasteiger partial charge in [0.15, 0.2) is 0 Å². The number of carbonyl (C=O) groups is 1. The molecule has 1 aromatic heterocycles. The molecule has 142 valence electrons. The highest BCUT2D eigenvalue weighted by molar-refractivity contribution is 5.90. The third-order valence-corrected chi connectivity index (χ3v) is 5.04. The molecule has 1 aliphatic rings. The second-order valence-electron chi connectivity index (χ2n) is 7.09. The summed E-state index contributed by atoms with van der Waals surface area (Å²) in [5.74, 6) is 1.28. The number of carbonyl (C=O) groups excluding carboxylic acids is 1. The average Bonchev–Trinajstić information content (AvgIpc) is 2.98. The zero-order valence-electron chi connectivity index (χ0n) is 16.1. The molecule has 3 rings (SSSR count). The number of rotatable bonds is 3. The van der Waals surface area contributed by atoms with Gasteiger partial charge >= 0.3 is 0 Å². The van der Waals surface area contributed by atoms with Crippen molar-refractivity contribution in [2.24, 2.45) is 0 Å². The zero-order chi connectivity index (χ0) is 18.1. The number of aromatic nitrogens is 3. The fraction of sp³-hybridized carbons (Fsp3) is 0.526. The third kappa shape index (κ3) is 3.76. The Balaban J connectivity index is 0.00000243. The Morgan fingerprint density at radius 1 is 1.27 bits per heavy atom. The second kappa shape index (κ2) is 8.18. The summed E-state index contributed by atoms with van der Waals surface area (Å²) >= 11 is 0. The Hall–Kier alpha value is -1.92. The first-order chi connectivity index (χ1) is 11.9. The lowest BCUT2D eigenvalue weighted by atomic mass is 10.0. The summed E-state index contributed by atoms with van der Waals surface area (Å²) < 4.78 is 1.79. The maximum absolute atomic E-state index is 12.9. The first-order valence-corrected chi connectivity index (χ1v) is 8.97. The van der Waals surface area contributed by atoms with E-state index in [1.54, 1.807) is 4.68 Å². The number of benzene rings is 1. The molecule has 26 heavy (non-hydrogen) atoms. The minimum atomic E-state index is -0.0928. The number of nitrogens with one attached hydrogen (secondary N) is 1. The van der Waals surface area contributed by atoms with Crippen molar-refractivity contribution in [1.29, 1.82) is 0 Å². The maximum Gasteiger partial charge on any atom is 0.293 e. The molecule has 1 aliphatic heterocycles. The van der Waals surface area contributed by atoms with Crippen molar-refractivity contribution in [2.45, 2.75) is 52.6 Å². The molecule has 1 amide bonds. The van der Waals surface area contributed by atoms with Crippen molar-refractivity contribution < 1.29 is 4.79 Å². The van der Waals surface area contributed by atoms with Crippen LogP contribution in [-0.4, -0.2) is 50.7 Å². The number of aryl methyl sites for hydroxylation is 1. The van der Waals surface area contributed by atoms with E-state index in [-0.39, 0.29) is 36.2 Å². The SMILES string of the molecule is Cc1nc(C(=O)N2CCNC(C)C2C)nn1-c1ccccc1C(C)C.Cl. The zero-order valence-corrected chi connectivity index (χ0v) is 16.9. The molecule has 1 N–H and O–H groups in total. The Morgan fingerprint density at radius 3 is 2.65 bits per heavy atom. The predicted molar refractivity (Wildman–Crippen MR) is 105 cm³/mol. The quantitative estimate of drug-likeness (QED) is 0.893. The number of para-hydroxylation sites is 1. The van der Waals surface area contributed by atoms with Gasteiger partial charge in [-0.05, 0) is 38.3 Å². The molecule has 1 aromatic carbocycles. The molecule has 0 aliphatic carbocycles. The van der Waals surface area contributed by atoms with Gasteiger partial charge in [-0.15, -0.1) is 17.5 Å². The van der Waals surface area contributed by atoms with Gasteiger partial charge in [0.2, 0.25) is 5.82 Å². The average molecular weight is 378 g/mol. The maximum atomic E-state index is 12.9. The van der Waals surface area contributed by atoms with Gasteiger partial charge in [-0.3, -0.25) is 4.79 Å². The lowest BCUT2D eigenvalue weighted by Crippen LogP contribution is -2.57. The molecule has 7 heteroatoms. The molecule has 1 fully saturated rings. The predicted octanol–water partition coefficient (Wildman–Crippen LogP) is 2.94. The second-order valence-corrected chi connectivity index (χ2v) is 7.09. The largest absolute Gasteiger partial charge is 0.330 e. The summed E-state index contributed by atoms with van der Waals surface area (Å²) in [4.78, 5) is 19.3. The van der Waals surface area contributed by atoms with Crippen LogP contribution in [-0.2, 0) is 0 Å². The fourth-order valence-corrected chi connectivity index (χ4v) is 3.35. The highest BCUT2D eigenvalue weighted by Crippen LogP contribution is 2.23. The minimum absolute atomic E-state index is 0.